The van der Waals surface area contributed by atoms with Crippen LogP contribution in [0.5, 0.6) is 0 Å². The maximum absolute atomic E-state index is 11.5. The summed E-state index contributed by atoms with van der Waals surface area (Å²) in [5, 5.41) is 2.77. The predicted molar refractivity (Wildman–Crippen MR) is 68.5 cm³/mol. The van der Waals surface area contributed by atoms with Crippen LogP contribution in [-0.2, 0) is 4.79 Å². The summed E-state index contributed by atoms with van der Waals surface area (Å²) >= 11 is 3.32. The lowest BCUT2D eigenvalue weighted by Gasteiger charge is -2.21. The van der Waals surface area contributed by atoms with Gasteiger partial charge in [0.05, 0.1) is 6.54 Å². The van der Waals surface area contributed by atoms with Crippen molar-refractivity contribution < 1.29 is 4.79 Å². The highest BCUT2D eigenvalue weighted by atomic mass is 79.9. The number of aromatic nitrogens is 1. The largest absolute Gasteiger partial charge is 0.355 e. The minimum Gasteiger partial charge on any atom is -0.355 e. The third kappa shape index (κ3) is 3.81. The fourth-order valence-corrected chi connectivity index (χ4v) is 1.69. The number of halogens is 1. The molecule has 1 amide bonds. The molecule has 0 unspecified atom stereocenters. The van der Waals surface area contributed by atoms with E-state index in [1.54, 1.807) is 0 Å². The number of carbonyl (C=O) groups is 1. The lowest BCUT2D eigenvalue weighted by atomic mass is 10.4. The van der Waals surface area contributed by atoms with Crippen LogP contribution in [0.4, 0.5) is 5.82 Å². The highest BCUT2D eigenvalue weighted by molar-refractivity contribution is 9.10. The van der Waals surface area contributed by atoms with Crippen molar-refractivity contribution in [3.8, 4) is 0 Å². The Bertz CT molecular complexity index is 357. The summed E-state index contributed by atoms with van der Waals surface area (Å²) in [5.74, 6) is 0.828. The molecule has 0 atom stereocenters. The Morgan fingerprint density at radius 2 is 2.25 bits per heavy atom. The number of carbonyl (C=O) groups excluding carboxylic acids is 1. The maximum atomic E-state index is 11.5. The summed E-state index contributed by atoms with van der Waals surface area (Å²) in [6.07, 6.45) is 0. The Kier molecular flexibility index (Phi) is 5.25. The van der Waals surface area contributed by atoms with E-state index in [-0.39, 0.29) is 5.91 Å². The Balaban J connectivity index is 2.70. The van der Waals surface area contributed by atoms with Crippen molar-refractivity contribution in [1.82, 2.24) is 10.3 Å². The molecule has 0 aromatic carbocycles. The third-order valence-electron chi connectivity index (χ3n) is 2.11. The summed E-state index contributed by atoms with van der Waals surface area (Å²) in [7, 11) is 0. The Morgan fingerprint density at radius 1 is 1.50 bits per heavy atom. The molecular formula is C11H16BrN3O. The zero-order valence-corrected chi connectivity index (χ0v) is 11.1. The van der Waals surface area contributed by atoms with E-state index in [2.05, 4.69) is 26.2 Å². The minimum absolute atomic E-state index is 0.0196. The summed E-state index contributed by atoms with van der Waals surface area (Å²) in [6.45, 7) is 5.66. The number of hydrogen-bond donors (Lipinski definition) is 1. The van der Waals surface area contributed by atoms with Gasteiger partial charge < -0.3 is 10.2 Å². The van der Waals surface area contributed by atoms with Crippen LogP contribution in [0.3, 0.4) is 0 Å². The van der Waals surface area contributed by atoms with Gasteiger partial charge in [0.1, 0.15) is 10.4 Å². The normalized spacial score (nSPS) is 9.94. The van der Waals surface area contributed by atoms with Crippen molar-refractivity contribution in [2.75, 3.05) is 24.5 Å². The van der Waals surface area contributed by atoms with Crippen molar-refractivity contribution in [2.24, 2.45) is 0 Å². The number of likely N-dealkylation sites (N-methyl/N-ethyl adjacent to an activating group) is 2. The van der Waals surface area contributed by atoms with Crippen LogP contribution >= 0.6 is 15.9 Å². The molecule has 0 radical (unpaired) electrons. The van der Waals surface area contributed by atoms with E-state index in [0.717, 1.165) is 17.0 Å². The number of amides is 1. The van der Waals surface area contributed by atoms with Crippen molar-refractivity contribution in [3.63, 3.8) is 0 Å². The zero-order chi connectivity index (χ0) is 12.0. The molecule has 5 heteroatoms. The Hall–Kier alpha value is -1.10. The van der Waals surface area contributed by atoms with Crippen LogP contribution in [0.2, 0.25) is 0 Å². The molecule has 0 saturated heterocycles. The van der Waals surface area contributed by atoms with Crippen LogP contribution in [0.25, 0.3) is 0 Å². The van der Waals surface area contributed by atoms with Gasteiger partial charge in [-0.3, -0.25) is 4.79 Å². The molecular weight excluding hydrogens is 270 g/mol. The van der Waals surface area contributed by atoms with Gasteiger partial charge in [0.2, 0.25) is 5.91 Å². The molecule has 0 aliphatic heterocycles. The molecule has 16 heavy (non-hydrogen) atoms. The van der Waals surface area contributed by atoms with Crippen LogP contribution in [0.1, 0.15) is 13.8 Å². The van der Waals surface area contributed by atoms with Crippen molar-refractivity contribution in [2.45, 2.75) is 13.8 Å². The average Bonchev–Trinajstić information content (AvgIpc) is 2.26. The maximum Gasteiger partial charge on any atom is 0.239 e. The summed E-state index contributed by atoms with van der Waals surface area (Å²) in [6, 6.07) is 5.67. The van der Waals surface area contributed by atoms with Gasteiger partial charge in [-0.1, -0.05) is 6.07 Å². The van der Waals surface area contributed by atoms with E-state index in [1.807, 2.05) is 36.9 Å². The van der Waals surface area contributed by atoms with Gasteiger partial charge in [0.15, 0.2) is 0 Å². The molecule has 0 spiro atoms. The lowest BCUT2D eigenvalue weighted by molar-refractivity contribution is -0.119. The quantitative estimate of drug-likeness (QED) is 0.840. The summed E-state index contributed by atoms with van der Waals surface area (Å²) < 4.78 is 0.777. The standard InChI is InChI=1S/C11H16BrN3O/c1-3-13-11(16)8-15(4-2)10-7-5-6-9(12)14-10/h5-7H,3-4,8H2,1-2H3,(H,13,16). The van der Waals surface area contributed by atoms with Crippen molar-refractivity contribution >= 4 is 27.7 Å². The zero-order valence-electron chi connectivity index (χ0n) is 9.53. The number of hydrogen-bond acceptors (Lipinski definition) is 3. The highest BCUT2D eigenvalue weighted by Gasteiger charge is 2.10. The summed E-state index contributed by atoms with van der Waals surface area (Å²) in [4.78, 5) is 17.7. The summed E-state index contributed by atoms with van der Waals surface area (Å²) in [5.41, 5.74) is 0. The van der Waals surface area contributed by atoms with Gasteiger partial charge in [-0.25, -0.2) is 4.98 Å². The molecule has 1 N–H and O–H groups in total. The van der Waals surface area contributed by atoms with Gasteiger partial charge in [-0.2, -0.15) is 0 Å². The first-order chi connectivity index (χ1) is 7.67. The van der Waals surface area contributed by atoms with E-state index in [0.29, 0.717) is 13.1 Å². The number of nitrogens with zero attached hydrogens (tertiary/aromatic N) is 2. The monoisotopic (exact) mass is 285 g/mol. The number of pyridine rings is 1. The molecule has 1 aromatic heterocycles. The molecule has 0 saturated carbocycles. The number of anilines is 1. The number of nitrogens with one attached hydrogen (secondary N) is 1. The average molecular weight is 286 g/mol. The molecule has 1 aromatic rings. The second-order valence-corrected chi connectivity index (χ2v) is 4.10. The molecule has 0 aliphatic rings. The molecule has 0 aliphatic carbocycles. The lowest BCUT2D eigenvalue weighted by Crippen LogP contribution is -2.37. The van der Waals surface area contributed by atoms with Gasteiger partial charge in [0, 0.05) is 13.1 Å². The van der Waals surface area contributed by atoms with E-state index in [9.17, 15) is 4.79 Å². The van der Waals surface area contributed by atoms with E-state index in [4.69, 9.17) is 0 Å². The first-order valence-corrected chi connectivity index (χ1v) is 6.10. The van der Waals surface area contributed by atoms with Gasteiger partial charge in [-0.15, -0.1) is 0 Å². The first kappa shape index (κ1) is 13.0. The minimum atomic E-state index is 0.0196. The van der Waals surface area contributed by atoms with Crippen LogP contribution in [0, 0.1) is 0 Å². The first-order valence-electron chi connectivity index (χ1n) is 5.31. The molecule has 0 bridgehead atoms. The van der Waals surface area contributed by atoms with Crippen molar-refractivity contribution in [3.05, 3.63) is 22.8 Å². The fourth-order valence-electron chi connectivity index (χ4n) is 1.35. The van der Waals surface area contributed by atoms with Crippen LogP contribution in [0.15, 0.2) is 22.8 Å². The predicted octanol–water partition coefficient (Wildman–Crippen LogP) is 1.81. The fraction of sp³-hybridized carbons (Fsp3) is 0.455. The Labute approximate surface area is 104 Å². The SMILES string of the molecule is CCNC(=O)CN(CC)c1cccc(Br)n1. The second-order valence-electron chi connectivity index (χ2n) is 3.29. The molecule has 4 nitrogen and oxygen atoms in total. The van der Waals surface area contributed by atoms with Crippen molar-refractivity contribution in [1.29, 1.82) is 0 Å². The Morgan fingerprint density at radius 3 is 2.81 bits per heavy atom. The number of rotatable bonds is 5. The van der Waals surface area contributed by atoms with Crippen LogP contribution in [-0.4, -0.2) is 30.5 Å². The van der Waals surface area contributed by atoms with E-state index >= 15 is 0 Å². The molecule has 1 rings (SSSR count). The third-order valence-corrected chi connectivity index (χ3v) is 2.56. The van der Waals surface area contributed by atoms with Crippen LogP contribution < -0.4 is 10.2 Å². The van der Waals surface area contributed by atoms with Gasteiger partial charge >= 0.3 is 0 Å². The van der Waals surface area contributed by atoms with E-state index in [1.165, 1.54) is 0 Å². The smallest absolute Gasteiger partial charge is 0.239 e. The topological polar surface area (TPSA) is 45.2 Å². The molecule has 88 valence electrons. The second kappa shape index (κ2) is 6.48. The van der Waals surface area contributed by atoms with E-state index < -0.39 is 0 Å². The molecule has 1 heterocycles. The molecule has 0 fully saturated rings. The van der Waals surface area contributed by atoms with Gasteiger partial charge in [0.25, 0.3) is 0 Å². The highest BCUT2D eigenvalue weighted by Crippen LogP contribution is 2.14. The van der Waals surface area contributed by atoms with Gasteiger partial charge in [-0.05, 0) is 41.9 Å².